The highest BCUT2D eigenvalue weighted by atomic mass is 19.4. The average molecular weight is 273 g/mol. The smallest absolute Gasteiger partial charge is 0.324 e. The van der Waals surface area contributed by atoms with Crippen LogP contribution in [0.25, 0.3) is 0 Å². The van der Waals surface area contributed by atoms with Crippen molar-refractivity contribution in [2.45, 2.75) is 51.7 Å². The zero-order valence-corrected chi connectivity index (χ0v) is 11.5. The highest BCUT2D eigenvalue weighted by molar-refractivity contribution is 5.32. The van der Waals surface area contributed by atoms with E-state index < -0.39 is 17.8 Å². The van der Waals surface area contributed by atoms with Crippen molar-refractivity contribution in [3.63, 3.8) is 0 Å². The van der Waals surface area contributed by atoms with Crippen LogP contribution >= 0.6 is 0 Å². The summed E-state index contributed by atoms with van der Waals surface area (Å²) >= 11 is 0. The molecule has 0 saturated carbocycles. The van der Waals surface area contributed by atoms with E-state index in [-0.39, 0.29) is 11.5 Å². The fourth-order valence-corrected chi connectivity index (χ4v) is 2.54. The van der Waals surface area contributed by atoms with Crippen LogP contribution in [-0.2, 0) is 6.18 Å². The fraction of sp³-hybridized carbons (Fsp3) is 0.600. The lowest BCUT2D eigenvalue weighted by Gasteiger charge is -2.26. The lowest BCUT2D eigenvalue weighted by molar-refractivity contribution is -0.138. The summed E-state index contributed by atoms with van der Waals surface area (Å²) in [5.74, 6) is 0.110. The van der Waals surface area contributed by atoms with Crippen LogP contribution in [0.4, 0.5) is 13.2 Å². The number of hydrogen-bond donors (Lipinski definition) is 1. The maximum absolute atomic E-state index is 13.0. The van der Waals surface area contributed by atoms with Crippen molar-refractivity contribution in [2.24, 2.45) is 11.7 Å². The molecular formula is C15H22F3N. The second kappa shape index (κ2) is 6.94. The SMILES string of the molecule is CCCC(CCC)C(N)c1ccccc1C(F)(F)F. The topological polar surface area (TPSA) is 26.0 Å². The van der Waals surface area contributed by atoms with Gasteiger partial charge >= 0.3 is 6.18 Å². The first kappa shape index (κ1) is 16.0. The summed E-state index contributed by atoms with van der Waals surface area (Å²) in [6.45, 7) is 4.07. The highest BCUT2D eigenvalue weighted by Crippen LogP contribution is 2.37. The molecular weight excluding hydrogens is 251 g/mol. The largest absolute Gasteiger partial charge is 0.416 e. The molecule has 1 aromatic rings. The molecule has 1 atom stereocenters. The Balaban J connectivity index is 3.06. The number of halogens is 3. The minimum absolute atomic E-state index is 0.110. The molecule has 108 valence electrons. The van der Waals surface area contributed by atoms with Gasteiger partial charge in [-0.15, -0.1) is 0 Å². The van der Waals surface area contributed by atoms with Crippen LogP contribution in [-0.4, -0.2) is 0 Å². The second-order valence-electron chi connectivity index (χ2n) is 4.95. The van der Waals surface area contributed by atoms with E-state index in [1.54, 1.807) is 6.07 Å². The number of alkyl halides is 3. The third-order valence-corrected chi connectivity index (χ3v) is 3.45. The molecule has 0 saturated heterocycles. The van der Waals surface area contributed by atoms with Crippen LogP contribution in [0, 0.1) is 5.92 Å². The van der Waals surface area contributed by atoms with Crippen molar-refractivity contribution in [3.05, 3.63) is 35.4 Å². The highest BCUT2D eigenvalue weighted by Gasteiger charge is 2.35. The van der Waals surface area contributed by atoms with Crippen LogP contribution in [0.3, 0.4) is 0 Å². The Morgan fingerprint density at radius 3 is 2.05 bits per heavy atom. The molecule has 0 spiro atoms. The van der Waals surface area contributed by atoms with E-state index in [2.05, 4.69) is 0 Å². The molecule has 1 aromatic carbocycles. The van der Waals surface area contributed by atoms with E-state index in [4.69, 9.17) is 5.73 Å². The first-order valence-electron chi connectivity index (χ1n) is 6.83. The van der Waals surface area contributed by atoms with Gasteiger partial charge < -0.3 is 5.73 Å². The Bertz CT molecular complexity index is 381. The summed E-state index contributed by atoms with van der Waals surface area (Å²) < 4.78 is 39.0. The number of nitrogens with two attached hydrogens (primary N) is 1. The summed E-state index contributed by atoms with van der Waals surface area (Å²) in [4.78, 5) is 0. The van der Waals surface area contributed by atoms with Crippen LogP contribution in [0.5, 0.6) is 0 Å². The third-order valence-electron chi connectivity index (χ3n) is 3.45. The zero-order valence-electron chi connectivity index (χ0n) is 11.5. The number of benzene rings is 1. The van der Waals surface area contributed by atoms with Crippen LogP contribution < -0.4 is 5.73 Å². The molecule has 1 nitrogen and oxygen atoms in total. The number of hydrogen-bond acceptors (Lipinski definition) is 1. The van der Waals surface area contributed by atoms with Gasteiger partial charge in [-0.1, -0.05) is 44.9 Å². The Hall–Kier alpha value is -1.03. The molecule has 0 aliphatic carbocycles. The standard InChI is InChI=1S/C15H22F3N/c1-3-7-11(8-4-2)14(19)12-9-5-6-10-13(12)15(16,17)18/h5-6,9-11,14H,3-4,7-8,19H2,1-2H3. The fourth-order valence-electron chi connectivity index (χ4n) is 2.54. The molecule has 19 heavy (non-hydrogen) atoms. The van der Waals surface area contributed by atoms with E-state index in [0.717, 1.165) is 31.7 Å². The second-order valence-corrected chi connectivity index (χ2v) is 4.95. The Morgan fingerprint density at radius 2 is 1.58 bits per heavy atom. The molecule has 0 fully saturated rings. The van der Waals surface area contributed by atoms with Crippen LogP contribution in [0.2, 0.25) is 0 Å². The molecule has 0 heterocycles. The van der Waals surface area contributed by atoms with Crippen molar-refractivity contribution < 1.29 is 13.2 Å². The van der Waals surface area contributed by atoms with Crippen molar-refractivity contribution in [1.82, 2.24) is 0 Å². The van der Waals surface area contributed by atoms with Gasteiger partial charge in [0.05, 0.1) is 5.56 Å². The van der Waals surface area contributed by atoms with E-state index in [1.807, 2.05) is 13.8 Å². The van der Waals surface area contributed by atoms with E-state index >= 15 is 0 Å². The first-order valence-corrected chi connectivity index (χ1v) is 6.83. The van der Waals surface area contributed by atoms with E-state index in [0.29, 0.717) is 0 Å². The number of rotatable bonds is 6. The first-order chi connectivity index (χ1) is 8.91. The molecule has 1 rings (SSSR count). The van der Waals surface area contributed by atoms with Gasteiger partial charge in [-0.3, -0.25) is 0 Å². The van der Waals surface area contributed by atoms with Crippen LogP contribution in [0.1, 0.15) is 56.7 Å². The molecule has 2 N–H and O–H groups in total. The summed E-state index contributed by atoms with van der Waals surface area (Å²) in [7, 11) is 0. The van der Waals surface area contributed by atoms with Gasteiger partial charge in [-0.25, -0.2) is 0 Å². The Morgan fingerprint density at radius 1 is 1.05 bits per heavy atom. The Labute approximate surface area is 113 Å². The minimum atomic E-state index is -4.34. The summed E-state index contributed by atoms with van der Waals surface area (Å²) in [5, 5.41) is 0. The predicted octanol–water partition coefficient (Wildman–Crippen LogP) is 4.92. The lowest BCUT2D eigenvalue weighted by Crippen LogP contribution is -2.24. The molecule has 0 amide bonds. The van der Waals surface area contributed by atoms with Gasteiger partial charge in [0.1, 0.15) is 0 Å². The summed E-state index contributed by atoms with van der Waals surface area (Å²) in [6, 6.07) is 5.11. The van der Waals surface area contributed by atoms with Crippen molar-refractivity contribution in [1.29, 1.82) is 0 Å². The van der Waals surface area contributed by atoms with Gasteiger partial charge in [0.25, 0.3) is 0 Å². The third kappa shape index (κ3) is 4.23. The molecule has 1 unspecified atom stereocenters. The van der Waals surface area contributed by atoms with Crippen molar-refractivity contribution in [3.8, 4) is 0 Å². The van der Waals surface area contributed by atoms with Crippen molar-refractivity contribution in [2.75, 3.05) is 0 Å². The van der Waals surface area contributed by atoms with Gasteiger partial charge in [-0.2, -0.15) is 13.2 Å². The molecule has 0 bridgehead atoms. The normalized spacial score (nSPS) is 13.8. The average Bonchev–Trinajstić information content (AvgIpc) is 2.37. The maximum atomic E-state index is 13.0. The monoisotopic (exact) mass is 273 g/mol. The molecule has 0 radical (unpaired) electrons. The van der Waals surface area contributed by atoms with E-state index in [9.17, 15) is 13.2 Å². The lowest BCUT2D eigenvalue weighted by atomic mass is 9.85. The van der Waals surface area contributed by atoms with Gasteiger partial charge in [0.2, 0.25) is 0 Å². The van der Waals surface area contributed by atoms with Gasteiger partial charge in [0, 0.05) is 6.04 Å². The molecule has 0 aliphatic rings. The predicted molar refractivity (Wildman–Crippen MR) is 71.7 cm³/mol. The van der Waals surface area contributed by atoms with Gasteiger partial charge in [-0.05, 0) is 30.4 Å². The summed E-state index contributed by atoms with van der Waals surface area (Å²) in [6.07, 6.45) is -0.737. The maximum Gasteiger partial charge on any atom is 0.416 e. The van der Waals surface area contributed by atoms with E-state index in [1.165, 1.54) is 12.1 Å². The van der Waals surface area contributed by atoms with Crippen molar-refractivity contribution >= 4 is 0 Å². The molecule has 0 aliphatic heterocycles. The molecule has 0 aromatic heterocycles. The minimum Gasteiger partial charge on any atom is -0.324 e. The zero-order chi connectivity index (χ0) is 14.5. The Kier molecular flexibility index (Phi) is 5.85. The summed E-state index contributed by atoms with van der Waals surface area (Å²) in [5.41, 5.74) is 5.74. The quantitative estimate of drug-likeness (QED) is 0.782. The molecule has 4 heteroatoms. The van der Waals surface area contributed by atoms with Crippen LogP contribution in [0.15, 0.2) is 24.3 Å². The van der Waals surface area contributed by atoms with Gasteiger partial charge in [0.15, 0.2) is 0 Å².